The lowest BCUT2D eigenvalue weighted by atomic mass is 9.87. The third-order valence-electron chi connectivity index (χ3n) is 6.91. The van der Waals surface area contributed by atoms with Crippen molar-refractivity contribution in [2.24, 2.45) is 5.73 Å². The van der Waals surface area contributed by atoms with Gasteiger partial charge in [0.1, 0.15) is 6.04 Å². The van der Waals surface area contributed by atoms with Crippen LogP contribution >= 0.6 is 0 Å². The van der Waals surface area contributed by atoms with Crippen molar-refractivity contribution in [3.63, 3.8) is 0 Å². The third kappa shape index (κ3) is 5.82. The lowest BCUT2D eigenvalue weighted by Crippen LogP contribution is -2.56. The Labute approximate surface area is 205 Å². The van der Waals surface area contributed by atoms with E-state index in [1.807, 2.05) is 12.1 Å². The molecule has 190 valence electrons. The van der Waals surface area contributed by atoms with Gasteiger partial charge in [0.05, 0.1) is 7.11 Å². The molecule has 0 aliphatic carbocycles. The summed E-state index contributed by atoms with van der Waals surface area (Å²) < 4.78 is 4.64. The van der Waals surface area contributed by atoms with Gasteiger partial charge in [-0.1, -0.05) is 18.7 Å². The van der Waals surface area contributed by atoms with Gasteiger partial charge in [0.15, 0.2) is 0 Å². The smallest absolute Gasteiger partial charge is 0.407 e. The Hall–Kier alpha value is -3.40. The van der Waals surface area contributed by atoms with Crippen molar-refractivity contribution in [3.05, 3.63) is 41.5 Å². The van der Waals surface area contributed by atoms with E-state index in [4.69, 9.17) is 5.73 Å². The molecule has 1 unspecified atom stereocenters. The summed E-state index contributed by atoms with van der Waals surface area (Å²) in [6.45, 7) is 10.8. The molecule has 3 rings (SSSR count). The number of hydrogen-bond donors (Lipinski definition) is 2. The van der Waals surface area contributed by atoms with Crippen LogP contribution in [0.3, 0.4) is 0 Å². The number of primary amides is 1. The molecule has 1 atom stereocenters. The first-order chi connectivity index (χ1) is 16.4. The summed E-state index contributed by atoms with van der Waals surface area (Å²) in [6.07, 6.45) is -0.125. The van der Waals surface area contributed by atoms with Crippen LogP contribution in [0.15, 0.2) is 24.8 Å². The van der Waals surface area contributed by atoms with E-state index < -0.39 is 24.0 Å². The lowest BCUT2D eigenvalue weighted by Gasteiger charge is -2.43. The van der Waals surface area contributed by atoms with E-state index in [9.17, 15) is 24.3 Å². The highest BCUT2D eigenvalue weighted by molar-refractivity contribution is 6.04. The van der Waals surface area contributed by atoms with Gasteiger partial charge in [0.25, 0.3) is 5.91 Å². The van der Waals surface area contributed by atoms with Crippen molar-refractivity contribution in [2.45, 2.75) is 44.7 Å². The zero-order valence-corrected chi connectivity index (χ0v) is 20.6. The van der Waals surface area contributed by atoms with Crippen molar-refractivity contribution in [1.82, 2.24) is 14.7 Å². The average molecular weight is 487 g/mol. The highest BCUT2D eigenvalue weighted by Crippen LogP contribution is 2.31. The summed E-state index contributed by atoms with van der Waals surface area (Å²) in [5.41, 5.74) is 8.26. The first kappa shape index (κ1) is 26.2. The Bertz CT molecular complexity index is 1030. The predicted octanol–water partition coefficient (Wildman–Crippen LogP) is 1.58. The van der Waals surface area contributed by atoms with Gasteiger partial charge in [-0.05, 0) is 49.5 Å². The number of carbonyl (C=O) groups excluding carboxylic acids is 3. The number of nitrogens with two attached hydrogens (primary N) is 1. The molecule has 0 radical (unpaired) electrons. The Balaban J connectivity index is 1.75. The SMILES string of the molecule is C=C1CN(C(CCC(=O)OC)C(N)=O)C(=O)c2ccc(CC(C)(C)N3CCN(C(=O)O)CC3)cc21. The molecule has 0 bridgehead atoms. The Kier molecular flexibility index (Phi) is 7.84. The molecule has 0 saturated carbocycles. The highest BCUT2D eigenvalue weighted by Gasteiger charge is 2.36. The minimum absolute atomic E-state index is 0.0258. The molecule has 1 fully saturated rings. The van der Waals surface area contributed by atoms with Gasteiger partial charge in [-0.3, -0.25) is 19.3 Å². The fourth-order valence-electron chi connectivity index (χ4n) is 4.87. The predicted molar refractivity (Wildman–Crippen MR) is 130 cm³/mol. The number of ether oxygens (including phenoxy) is 1. The summed E-state index contributed by atoms with van der Waals surface area (Å²) in [5, 5.41) is 9.19. The van der Waals surface area contributed by atoms with Crippen LogP contribution in [0.2, 0.25) is 0 Å². The standard InChI is InChI=1S/C25H34N4O6/c1-16-15-29(20(22(26)31)7-8-21(30)35-4)23(32)18-6-5-17(13-19(16)18)14-25(2,3)28-11-9-27(10-12-28)24(33)34/h5-6,13,20H,1,7-12,14-15H2,2-4H3,(H2,26,31)(H,33,34). The van der Waals surface area contributed by atoms with Gasteiger partial charge in [0, 0.05) is 50.2 Å². The molecular formula is C25H34N4O6. The van der Waals surface area contributed by atoms with Gasteiger partial charge in [-0.2, -0.15) is 0 Å². The number of piperazine rings is 1. The topological polar surface area (TPSA) is 133 Å². The van der Waals surface area contributed by atoms with Crippen LogP contribution < -0.4 is 5.73 Å². The second-order valence-corrected chi connectivity index (χ2v) is 9.70. The van der Waals surface area contributed by atoms with E-state index in [0.29, 0.717) is 43.7 Å². The van der Waals surface area contributed by atoms with Crippen LogP contribution in [0.5, 0.6) is 0 Å². The first-order valence-corrected chi connectivity index (χ1v) is 11.7. The zero-order chi connectivity index (χ0) is 25.9. The molecule has 1 aromatic carbocycles. The maximum Gasteiger partial charge on any atom is 0.407 e. The van der Waals surface area contributed by atoms with Crippen LogP contribution in [0.1, 0.15) is 48.2 Å². The van der Waals surface area contributed by atoms with E-state index in [1.165, 1.54) is 16.9 Å². The third-order valence-corrected chi connectivity index (χ3v) is 6.91. The molecule has 2 aliphatic rings. The highest BCUT2D eigenvalue weighted by atomic mass is 16.5. The lowest BCUT2D eigenvalue weighted by molar-refractivity contribution is -0.141. The van der Waals surface area contributed by atoms with Crippen LogP contribution in [-0.2, 0) is 20.7 Å². The number of hydrogen-bond acceptors (Lipinski definition) is 6. The average Bonchev–Trinajstić information content (AvgIpc) is 2.81. The normalized spacial score (nSPS) is 17.7. The number of amides is 3. The molecule has 0 aromatic heterocycles. The van der Waals surface area contributed by atoms with Crippen molar-refractivity contribution in [1.29, 1.82) is 0 Å². The number of esters is 1. The van der Waals surface area contributed by atoms with Crippen molar-refractivity contribution >= 4 is 29.5 Å². The maximum atomic E-state index is 13.3. The number of benzene rings is 1. The molecule has 2 heterocycles. The number of carboxylic acid groups (broad SMARTS) is 1. The van der Waals surface area contributed by atoms with Gasteiger partial charge in [0.2, 0.25) is 5.91 Å². The maximum absolute atomic E-state index is 13.3. The van der Waals surface area contributed by atoms with Crippen LogP contribution in [0.25, 0.3) is 5.57 Å². The van der Waals surface area contributed by atoms with E-state index >= 15 is 0 Å². The summed E-state index contributed by atoms with van der Waals surface area (Å²) >= 11 is 0. The molecule has 10 nitrogen and oxygen atoms in total. The number of carbonyl (C=O) groups is 4. The van der Waals surface area contributed by atoms with E-state index in [0.717, 1.165) is 11.1 Å². The molecule has 2 aliphatic heterocycles. The monoisotopic (exact) mass is 486 g/mol. The quantitative estimate of drug-likeness (QED) is 0.533. The van der Waals surface area contributed by atoms with Crippen molar-refractivity contribution in [3.8, 4) is 0 Å². The van der Waals surface area contributed by atoms with Gasteiger partial charge < -0.3 is 25.4 Å². The fraction of sp³-hybridized carbons (Fsp3) is 0.520. The van der Waals surface area contributed by atoms with E-state index in [2.05, 4.69) is 30.1 Å². The number of methoxy groups -OCH3 is 1. The Morgan fingerprint density at radius 2 is 1.83 bits per heavy atom. The van der Waals surface area contributed by atoms with Gasteiger partial charge >= 0.3 is 12.1 Å². The zero-order valence-electron chi connectivity index (χ0n) is 20.6. The minimum atomic E-state index is -0.936. The van der Waals surface area contributed by atoms with Crippen LogP contribution in [-0.4, -0.2) is 95.1 Å². The summed E-state index contributed by atoms with van der Waals surface area (Å²) in [4.78, 5) is 53.2. The number of nitrogens with zero attached hydrogens (tertiary/aromatic N) is 3. The van der Waals surface area contributed by atoms with Gasteiger partial charge in [-0.25, -0.2) is 4.79 Å². The molecule has 1 aromatic rings. The second-order valence-electron chi connectivity index (χ2n) is 9.70. The molecule has 35 heavy (non-hydrogen) atoms. The van der Waals surface area contributed by atoms with E-state index in [1.54, 1.807) is 6.07 Å². The molecule has 0 spiro atoms. The number of rotatable bonds is 8. The Morgan fingerprint density at radius 3 is 2.40 bits per heavy atom. The minimum Gasteiger partial charge on any atom is -0.469 e. The van der Waals surface area contributed by atoms with Crippen LogP contribution in [0.4, 0.5) is 4.79 Å². The largest absolute Gasteiger partial charge is 0.469 e. The fourth-order valence-corrected chi connectivity index (χ4v) is 4.87. The van der Waals surface area contributed by atoms with E-state index in [-0.39, 0.29) is 30.8 Å². The first-order valence-electron chi connectivity index (χ1n) is 11.7. The summed E-state index contributed by atoms with van der Waals surface area (Å²) in [7, 11) is 1.26. The van der Waals surface area contributed by atoms with Gasteiger partial charge in [-0.15, -0.1) is 0 Å². The Morgan fingerprint density at radius 1 is 1.17 bits per heavy atom. The number of fused-ring (bicyclic) bond motifs is 1. The summed E-state index contributed by atoms with van der Waals surface area (Å²) in [6, 6.07) is 4.68. The molecule has 3 N–H and O–H groups in total. The molecule has 10 heteroatoms. The molecule has 1 saturated heterocycles. The molecular weight excluding hydrogens is 452 g/mol. The summed E-state index contributed by atoms with van der Waals surface area (Å²) in [5.74, 6) is -1.48. The van der Waals surface area contributed by atoms with Crippen molar-refractivity contribution in [2.75, 3.05) is 39.8 Å². The van der Waals surface area contributed by atoms with Crippen LogP contribution in [0, 0.1) is 0 Å². The second kappa shape index (κ2) is 10.5. The van der Waals surface area contributed by atoms with Crippen molar-refractivity contribution < 1.29 is 29.0 Å². The molecule has 3 amide bonds.